The largest absolute Gasteiger partial charge is 0.480 e. The Balaban J connectivity index is 1.30. The number of benzene rings is 2. The summed E-state index contributed by atoms with van der Waals surface area (Å²) in [5, 5.41) is 16.4. The number of carbonyl (C=O) groups is 5. The molecule has 51 heavy (non-hydrogen) atoms. The Morgan fingerprint density at radius 3 is 1.82 bits per heavy atom. The van der Waals surface area contributed by atoms with Gasteiger partial charge in [-0.1, -0.05) is 48.5 Å². The van der Waals surface area contributed by atoms with Crippen LogP contribution in [0.5, 0.6) is 0 Å². The van der Waals surface area contributed by atoms with E-state index in [2.05, 4.69) is 16.0 Å². The van der Waals surface area contributed by atoms with Crippen LogP contribution < -0.4 is 16.0 Å². The minimum atomic E-state index is -1.10. The van der Waals surface area contributed by atoms with Gasteiger partial charge in [-0.05, 0) is 49.4 Å². The smallest absolute Gasteiger partial charge is 0.407 e. The molecular weight excluding hydrogens is 666 g/mol. The molecule has 3 rings (SSSR count). The maximum Gasteiger partial charge on any atom is 0.407 e. The van der Waals surface area contributed by atoms with Crippen LogP contribution in [0.4, 0.5) is 4.79 Å². The molecule has 0 aliphatic heterocycles. The van der Waals surface area contributed by atoms with Crippen molar-refractivity contribution in [2.24, 2.45) is 0 Å². The van der Waals surface area contributed by atoms with Crippen molar-refractivity contribution in [3.8, 4) is 11.1 Å². The third-order valence-electron chi connectivity index (χ3n) is 7.33. The fourth-order valence-corrected chi connectivity index (χ4v) is 5.11. The van der Waals surface area contributed by atoms with E-state index >= 15 is 0 Å². The second-order valence-electron chi connectivity index (χ2n) is 12.5. The summed E-state index contributed by atoms with van der Waals surface area (Å²) in [6, 6.07) is 14.8. The van der Waals surface area contributed by atoms with Crippen LogP contribution in [0.1, 0.15) is 50.7 Å². The Kier molecular flexibility index (Phi) is 17.3. The molecule has 0 spiro atoms. The van der Waals surface area contributed by atoms with Gasteiger partial charge < -0.3 is 49.5 Å². The standard InChI is InChI=1S/C36H49N3O12/c1-36(2,3)51-34(44)30(39-35(45)50-22-29-27-10-6-4-8-25(27)26-9-5-7-11-28(26)29)12-13-31(40)37-14-16-46-18-20-48-23-32(41)38-15-17-47-19-21-49-24-33(42)43/h4-11,29-30H,12-24H2,1-3H3,(H,37,40)(H,38,41)(H,39,45)(H,42,43). The highest BCUT2D eigenvalue weighted by molar-refractivity contribution is 5.83. The molecule has 280 valence electrons. The second kappa shape index (κ2) is 21.6. The lowest BCUT2D eigenvalue weighted by molar-refractivity contribution is -0.157. The van der Waals surface area contributed by atoms with E-state index in [4.69, 9.17) is 33.5 Å². The number of carbonyl (C=O) groups excluding carboxylic acids is 4. The maximum absolute atomic E-state index is 12.9. The third-order valence-corrected chi connectivity index (χ3v) is 7.33. The van der Waals surface area contributed by atoms with E-state index in [1.807, 2.05) is 48.5 Å². The average Bonchev–Trinajstić information content (AvgIpc) is 3.40. The maximum atomic E-state index is 12.9. The normalized spacial score (nSPS) is 12.7. The van der Waals surface area contributed by atoms with Gasteiger partial charge in [0.2, 0.25) is 11.8 Å². The second-order valence-corrected chi connectivity index (χ2v) is 12.5. The lowest BCUT2D eigenvalue weighted by Gasteiger charge is -2.24. The minimum Gasteiger partial charge on any atom is -0.480 e. The lowest BCUT2D eigenvalue weighted by atomic mass is 9.98. The van der Waals surface area contributed by atoms with Crippen LogP contribution in [0.2, 0.25) is 0 Å². The third kappa shape index (κ3) is 15.5. The number of alkyl carbamates (subject to hydrolysis) is 1. The van der Waals surface area contributed by atoms with Gasteiger partial charge in [-0.3, -0.25) is 9.59 Å². The van der Waals surface area contributed by atoms with Crippen molar-refractivity contribution in [3.63, 3.8) is 0 Å². The van der Waals surface area contributed by atoms with Gasteiger partial charge in [0.1, 0.15) is 31.5 Å². The van der Waals surface area contributed by atoms with Gasteiger partial charge in [0, 0.05) is 25.4 Å². The summed E-state index contributed by atoms with van der Waals surface area (Å²) < 4.78 is 31.8. The average molecular weight is 716 g/mol. The number of esters is 1. The number of hydrogen-bond donors (Lipinski definition) is 4. The highest BCUT2D eigenvalue weighted by Gasteiger charge is 2.31. The van der Waals surface area contributed by atoms with Crippen LogP contribution in [0.3, 0.4) is 0 Å². The van der Waals surface area contributed by atoms with E-state index in [0.717, 1.165) is 22.3 Å². The zero-order chi connectivity index (χ0) is 37.1. The number of rotatable bonds is 23. The van der Waals surface area contributed by atoms with E-state index in [0.29, 0.717) is 0 Å². The van der Waals surface area contributed by atoms with Crippen molar-refractivity contribution in [2.45, 2.75) is 51.2 Å². The van der Waals surface area contributed by atoms with Gasteiger partial charge in [-0.2, -0.15) is 0 Å². The first kappa shape index (κ1) is 40.9. The number of hydrogen-bond acceptors (Lipinski definition) is 11. The van der Waals surface area contributed by atoms with E-state index < -0.39 is 29.7 Å². The van der Waals surface area contributed by atoms with E-state index in [1.54, 1.807) is 20.8 Å². The van der Waals surface area contributed by atoms with E-state index in [-0.39, 0.29) is 103 Å². The Morgan fingerprint density at radius 2 is 1.25 bits per heavy atom. The molecule has 1 aliphatic carbocycles. The monoisotopic (exact) mass is 715 g/mol. The molecule has 15 nitrogen and oxygen atoms in total. The van der Waals surface area contributed by atoms with Gasteiger partial charge in [-0.25, -0.2) is 14.4 Å². The molecule has 2 aromatic rings. The van der Waals surface area contributed by atoms with Crippen LogP contribution in [0.25, 0.3) is 11.1 Å². The quantitative estimate of drug-likeness (QED) is 0.0970. The van der Waals surface area contributed by atoms with Crippen molar-refractivity contribution in [3.05, 3.63) is 59.7 Å². The van der Waals surface area contributed by atoms with Crippen molar-refractivity contribution in [2.75, 3.05) is 72.6 Å². The van der Waals surface area contributed by atoms with Gasteiger partial charge in [0.25, 0.3) is 0 Å². The predicted octanol–water partition coefficient (Wildman–Crippen LogP) is 2.40. The summed E-state index contributed by atoms with van der Waals surface area (Å²) >= 11 is 0. The first-order chi connectivity index (χ1) is 24.4. The zero-order valence-corrected chi connectivity index (χ0v) is 29.4. The number of fused-ring (bicyclic) bond motifs is 3. The molecule has 2 aromatic carbocycles. The molecule has 0 fully saturated rings. The van der Waals surface area contributed by atoms with Crippen LogP contribution in [-0.4, -0.2) is 119 Å². The van der Waals surface area contributed by atoms with Crippen LogP contribution >= 0.6 is 0 Å². The van der Waals surface area contributed by atoms with Crippen molar-refractivity contribution in [1.29, 1.82) is 0 Å². The molecule has 0 heterocycles. The number of carboxylic acid groups (broad SMARTS) is 1. The minimum absolute atomic E-state index is 0.00492. The molecule has 0 bridgehead atoms. The van der Waals surface area contributed by atoms with E-state index in [9.17, 15) is 24.0 Å². The Morgan fingerprint density at radius 1 is 0.725 bits per heavy atom. The van der Waals surface area contributed by atoms with E-state index in [1.165, 1.54) is 0 Å². The Hall–Kier alpha value is -4.57. The van der Waals surface area contributed by atoms with Crippen LogP contribution in [-0.2, 0) is 47.6 Å². The molecule has 0 saturated heterocycles. The Labute approximate surface area is 297 Å². The van der Waals surface area contributed by atoms with Gasteiger partial charge in [-0.15, -0.1) is 0 Å². The molecule has 3 amide bonds. The molecule has 0 saturated carbocycles. The highest BCUT2D eigenvalue weighted by atomic mass is 16.6. The summed E-state index contributed by atoms with van der Waals surface area (Å²) in [4.78, 5) is 60.5. The first-order valence-corrected chi connectivity index (χ1v) is 16.8. The number of amides is 3. The molecule has 1 unspecified atom stereocenters. The molecular formula is C36H49N3O12. The summed E-state index contributed by atoms with van der Waals surface area (Å²) in [7, 11) is 0. The van der Waals surface area contributed by atoms with Gasteiger partial charge in [0.15, 0.2) is 0 Å². The number of ether oxygens (including phenoxy) is 6. The SMILES string of the molecule is CC(C)(C)OC(=O)C(CCC(=O)NCCOCCOCC(=O)NCCOCCOCC(=O)O)NC(=O)OCC1c2ccccc2-c2ccccc21. The molecule has 1 atom stereocenters. The summed E-state index contributed by atoms with van der Waals surface area (Å²) in [5.74, 6) is -2.54. The number of aliphatic carboxylic acids is 1. The Bertz CT molecular complexity index is 1400. The van der Waals surface area contributed by atoms with Gasteiger partial charge in [0.05, 0.1) is 39.6 Å². The fourth-order valence-electron chi connectivity index (χ4n) is 5.11. The predicted molar refractivity (Wildman–Crippen MR) is 184 cm³/mol. The highest BCUT2D eigenvalue weighted by Crippen LogP contribution is 2.44. The summed E-state index contributed by atoms with van der Waals surface area (Å²) in [5.41, 5.74) is 3.51. The number of carboxylic acids is 1. The first-order valence-electron chi connectivity index (χ1n) is 16.8. The van der Waals surface area contributed by atoms with Crippen molar-refractivity contribution < 1.29 is 57.5 Å². The molecule has 4 N–H and O–H groups in total. The summed E-state index contributed by atoms with van der Waals surface area (Å²) in [6.45, 7) is 6.31. The van der Waals surface area contributed by atoms with Crippen LogP contribution in [0, 0.1) is 0 Å². The zero-order valence-electron chi connectivity index (χ0n) is 29.4. The molecule has 0 radical (unpaired) electrons. The van der Waals surface area contributed by atoms with Crippen LogP contribution in [0.15, 0.2) is 48.5 Å². The van der Waals surface area contributed by atoms with Crippen molar-refractivity contribution >= 4 is 29.8 Å². The summed E-state index contributed by atoms with van der Waals surface area (Å²) in [6.07, 6.45) is -0.850. The molecule has 1 aliphatic rings. The lowest BCUT2D eigenvalue weighted by Crippen LogP contribution is -2.45. The number of nitrogens with one attached hydrogen (secondary N) is 3. The molecule has 15 heteroatoms. The topological polar surface area (TPSA) is 197 Å². The van der Waals surface area contributed by atoms with Gasteiger partial charge >= 0.3 is 18.0 Å². The van der Waals surface area contributed by atoms with Crippen molar-refractivity contribution in [1.82, 2.24) is 16.0 Å². The molecule has 0 aromatic heterocycles. The fraction of sp³-hybridized carbons (Fsp3) is 0.528.